The number of carbonyl (C=O) groups is 1. The summed E-state index contributed by atoms with van der Waals surface area (Å²) in [4.78, 5) is 23.7. The molecule has 2 fully saturated rings. The zero-order chi connectivity index (χ0) is 24.7. The van der Waals surface area contributed by atoms with Crippen LogP contribution in [0.3, 0.4) is 0 Å². The summed E-state index contributed by atoms with van der Waals surface area (Å²) in [6.45, 7) is 4.47. The summed E-state index contributed by atoms with van der Waals surface area (Å²) in [5, 5.41) is 2.45. The molecule has 1 unspecified atom stereocenters. The molecule has 2 saturated heterocycles. The summed E-state index contributed by atoms with van der Waals surface area (Å²) in [6.07, 6.45) is -2.79. The normalized spacial score (nSPS) is 31.7. The minimum Gasteiger partial charge on any atom is -0.476 e. The van der Waals surface area contributed by atoms with Crippen LogP contribution >= 0.6 is 7.82 Å². The zero-order valence-corrected chi connectivity index (χ0v) is 19.9. The molecule has 188 valence electrons. The number of nitrogens with zero attached hydrogens (tertiary/aromatic N) is 4. The van der Waals surface area contributed by atoms with E-state index in [1.54, 1.807) is 13.8 Å². The number of phosphoric ester groups is 1. The number of aromatic nitrogens is 4. The van der Waals surface area contributed by atoms with E-state index < -0.39 is 44.1 Å². The molecule has 34 heavy (non-hydrogen) atoms. The molecule has 3 N–H and O–H groups in total. The van der Waals surface area contributed by atoms with Crippen LogP contribution in [-0.2, 0) is 27.6 Å². The van der Waals surface area contributed by atoms with Gasteiger partial charge in [0.05, 0.1) is 39.3 Å². The van der Waals surface area contributed by atoms with E-state index in [0.717, 1.165) is 0 Å². The number of amides is 1. The number of anilines is 1. The Labute approximate surface area is 193 Å². The molecule has 4 rings (SSSR count). The lowest BCUT2D eigenvalue weighted by Gasteiger charge is -2.34. The number of nitrogen functional groups attached to an aromatic ring is 1. The largest absolute Gasteiger partial charge is 0.476 e. The number of fused-ring (bicyclic) bond motifs is 2. The highest BCUT2D eigenvalue weighted by atomic mass is 31.2. The van der Waals surface area contributed by atoms with Crippen molar-refractivity contribution in [2.45, 2.75) is 50.9 Å². The number of alkyl carbamates (subject to hydrolysis) is 1. The maximum atomic E-state index is 16.1. The number of methoxy groups -OCH3 is 1. The van der Waals surface area contributed by atoms with Crippen molar-refractivity contribution in [1.29, 1.82) is 0 Å². The maximum Gasteiger partial charge on any atom is 0.475 e. The lowest BCUT2D eigenvalue weighted by atomic mass is 9.98. The SMILES string of the molecule is CCOc1nc(N)nc2c1ncn2[C@@H]1O[C@@H]2COP(=O)(OC[C@H](C)NC(=O)OC)O[C@H]2[C@@]1(C)F. The Hall–Kier alpha value is -2.58. The van der Waals surface area contributed by atoms with Gasteiger partial charge in [-0.05, 0) is 20.8 Å². The van der Waals surface area contributed by atoms with Crippen molar-refractivity contribution < 1.29 is 41.5 Å². The average molecular weight is 504 g/mol. The van der Waals surface area contributed by atoms with E-state index in [-0.39, 0.29) is 36.2 Å². The van der Waals surface area contributed by atoms with Crippen LogP contribution in [0.2, 0.25) is 0 Å². The molecule has 0 saturated carbocycles. The molecule has 0 bridgehead atoms. The van der Waals surface area contributed by atoms with Gasteiger partial charge in [0, 0.05) is 0 Å². The topological polar surface area (TPSA) is 171 Å². The van der Waals surface area contributed by atoms with Gasteiger partial charge in [0.1, 0.15) is 12.2 Å². The number of hydrogen-bond donors (Lipinski definition) is 2. The first-order valence-electron chi connectivity index (χ1n) is 10.5. The van der Waals surface area contributed by atoms with Crippen molar-refractivity contribution in [3.05, 3.63) is 6.33 Å². The van der Waals surface area contributed by atoms with E-state index in [1.807, 2.05) is 0 Å². The zero-order valence-electron chi connectivity index (χ0n) is 19.0. The Balaban J connectivity index is 1.54. The van der Waals surface area contributed by atoms with Gasteiger partial charge in [-0.3, -0.25) is 18.1 Å². The third kappa shape index (κ3) is 4.53. The van der Waals surface area contributed by atoms with E-state index in [4.69, 9.17) is 28.8 Å². The fourth-order valence-electron chi connectivity index (χ4n) is 3.73. The monoisotopic (exact) mass is 504 g/mol. The Morgan fingerprint density at radius 1 is 1.50 bits per heavy atom. The van der Waals surface area contributed by atoms with Crippen LogP contribution in [0.25, 0.3) is 11.2 Å². The van der Waals surface area contributed by atoms with Gasteiger partial charge < -0.3 is 25.3 Å². The lowest BCUT2D eigenvalue weighted by molar-refractivity contribution is -0.0711. The molecule has 2 aromatic rings. The molecule has 14 nitrogen and oxygen atoms in total. The number of imidazole rings is 1. The van der Waals surface area contributed by atoms with Crippen molar-refractivity contribution >= 4 is 31.0 Å². The summed E-state index contributed by atoms with van der Waals surface area (Å²) < 4.78 is 62.3. The van der Waals surface area contributed by atoms with Crippen LogP contribution in [0.1, 0.15) is 27.0 Å². The molecule has 0 radical (unpaired) electrons. The predicted octanol–water partition coefficient (Wildman–Crippen LogP) is 1.72. The molecule has 2 aliphatic heterocycles. The van der Waals surface area contributed by atoms with E-state index in [2.05, 4.69) is 25.0 Å². The molecular weight excluding hydrogens is 478 g/mol. The highest BCUT2D eigenvalue weighted by molar-refractivity contribution is 7.48. The van der Waals surface area contributed by atoms with E-state index in [9.17, 15) is 9.36 Å². The van der Waals surface area contributed by atoms with Gasteiger partial charge in [-0.1, -0.05) is 0 Å². The molecule has 2 aromatic heterocycles. The Kier molecular flexibility index (Phi) is 6.66. The van der Waals surface area contributed by atoms with Crippen LogP contribution in [0.15, 0.2) is 6.33 Å². The highest BCUT2D eigenvalue weighted by Crippen LogP contribution is 2.59. The van der Waals surface area contributed by atoms with Crippen LogP contribution in [0, 0.1) is 0 Å². The number of nitrogens with two attached hydrogens (primary N) is 1. The van der Waals surface area contributed by atoms with Gasteiger partial charge in [-0.25, -0.2) is 18.7 Å². The predicted molar refractivity (Wildman–Crippen MR) is 114 cm³/mol. The van der Waals surface area contributed by atoms with E-state index in [0.29, 0.717) is 6.61 Å². The van der Waals surface area contributed by atoms with Crippen LogP contribution in [-0.4, -0.2) is 76.5 Å². The summed E-state index contributed by atoms with van der Waals surface area (Å²) in [5.41, 5.74) is 4.08. The fraction of sp³-hybridized carbons (Fsp3) is 0.667. The van der Waals surface area contributed by atoms with Crippen molar-refractivity contribution in [3.8, 4) is 5.88 Å². The van der Waals surface area contributed by atoms with Crippen LogP contribution in [0.5, 0.6) is 5.88 Å². The van der Waals surface area contributed by atoms with Gasteiger partial charge in [-0.2, -0.15) is 9.97 Å². The average Bonchev–Trinajstić information content (AvgIpc) is 3.30. The van der Waals surface area contributed by atoms with Crippen LogP contribution in [0.4, 0.5) is 15.1 Å². The second-order valence-electron chi connectivity index (χ2n) is 7.92. The highest BCUT2D eigenvalue weighted by Gasteiger charge is 2.61. The number of halogens is 1. The third-order valence-corrected chi connectivity index (χ3v) is 6.71. The minimum absolute atomic E-state index is 0.0826. The first-order chi connectivity index (χ1) is 16.1. The number of ether oxygens (including phenoxy) is 3. The Bertz CT molecular complexity index is 1120. The summed E-state index contributed by atoms with van der Waals surface area (Å²) >= 11 is 0. The maximum absolute atomic E-state index is 16.1. The smallest absolute Gasteiger partial charge is 0.475 e. The number of phosphoric acid groups is 1. The Morgan fingerprint density at radius 2 is 2.26 bits per heavy atom. The second kappa shape index (κ2) is 9.23. The summed E-state index contributed by atoms with van der Waals surface area (Å²) in [7, 11) is -2.94. The number of hydrogen-bond acceptors (Lipinski definition) is 12. The quantitative estimate of drug-likeness (QED) is 0.524. The molecule has 0 aliphatic carbocycles. The van der Waals surface area contributed by atoms with E-state index >= 15 is 4.39 Å². The molecular formula is C18H26FN6O8P. The molecule has 0 spiro atoms. The number of carbonyl (C=O) groups excluding carboxylic acids is 1. The molecule has 1 amide bonds. The third-order valence-electron chi connectivity index (χ3n) is 5.29. The van der Waals surface area contributed by atoms with Crippen molar-refractivity contribution in [1.82, 2.24) is 24.8 Å². The van der Waals surface area contributed by atoms with Gasteiger partial charge in [0.25, 0.3) is 0 Å². The van der Waals surface area contributed by atoms with Gasteiger partial charge >= 0.3 is 13.9 Å². The molecule has 16 heteroatoms. The summed E-state index contributed by atoms with van der Waals surface area (Å²) in [5.74, 6) is 0.0766. The van der Waals surface area contributed by atoms with Crippen molar-refractivity contribution in [2.75, 3.05) is 32.7 Å². The van der Waals surface area contributed by atoms with Gasteiger partial charge in [-0.15, -0.1) is 0 Å². The van der Waals surface area contributed by atoms with Gasteiger partial charge in [0.2, 0.25) is 11.8 Å². The van der Waals surface area contributed by atoms with Crippen molar-refractivity contribution in [3.63, 3.8) is 0 Å². The molecule has 0 aromatic carbocycles. The first-order valence-corrected chi connectivity index (χ1v) is 11.9. The molecule has 6 atom stereocenters. The molecule has 4 heterocycles. The molecule has 2 aliphatic rings. The summed E-state index contributed by atoms with van der Waals surface area (Å²) in [6, 6.07) is -0.575. The minimum atomic E-state index is -4.15. The number of alkyl halides is 1. The van der Waals surface area contributed by atoms with Crippen molar-refractivity contribution in [2.24, 2.45) is 0 Å². The number of rotatable bonds is 7. The Morgan fingerprint density at radius 3 is 2.97 bits per heavy atom. The fourth-order valence-corrected chi connectivity index (χ4v) is 5.28. The first kappa shape index (κ1) is 24.5. The second-order valence-corrected chi connectivity index (χ2v) is 9.55. The standard InChI is InChI=1S/C18H26FN6O8P/c1-5-29-14-11-13(23-16(20)24-14)25(8-21-11)15-18(3,19)12-10(32-15)7-31-34(27,33-12)30-6-9(2)22-17(26)28-4/h8-10,12,15H,5-7H2,1-4H3,(H,22,26)(H2,20,23,24)/t9-,10+,12+,15+,18+,34?/m0/s1. The number of nitrogens with one attached hydrogen (secondary N) is 1. The van der Waals surface area contributed by atoms with Crippen LogP contribution < -0.4 is 15.8 Å². The lowest BCUT2D eigenvalue weighted by Crippen LogP contribution is -2.45. The van der Waals surface area contributed by atoms with Gasteiger partial charge in [0.15, 0.2) is 23.1 Å². The van der Waals surface area contributed by atoms with E-state index in [1.165, 1.54) is 24.9 Å².